The van der Waals surface area contributed by atoms with E-state index in [1.807, 2.05) is 43.3 Å². The molecule has 0 radical (unpaired) electrons. The van der Waals surface area contributed by atoms with Crippen molar-refractivity contribution in [2.24, 2.45) is 0 Å². The molecule has 0 saturated carbocycles. The zero-order valence-corrected chi connectivity index (χ0v) is 15.4. The van der Waals surface area contributed by atoms with Gasteiger partial charge >= 0.3 is 6.03 Å². The molecule has 2 aromatic rings. The second kappa shape index (κ2) is 6.02. The number of para-hydroxylation sites is 2. The second-order valence-electron chi connectivity index (χ2n) is 6.75. The van der Waals surface area contributed by atoms with Gasteiger partial charge in [0.05, 0.1) is 36.4 Å². The van der Waals surface area contributed by atoms with E-state index < -0.39 is 21.9 Å². The topological polar surface area (TPSA) is 66.9 Å². The summed E-state index contributed by atoms with van der Waals surface area (Å²) in [5.74, 6) is 0.488. The Hall–Kier alpha value is -2.54. The van der Waals surface area contributed by atoms with E-state index >= 15 is 0 Å². The Bertz CT molecular complexity index is 973. The van der Waals surface area contributed by atoms with Gasteiger partial charge in [-0.3, -0.25) is 9.80 Å². The van der Waals surface area contributed by atoms with Gasteiger partial charge in [-0.1, -0.05) is 24.3 Å². The first-order chi connectivity index (χ1) is 12.4. The SMILES string of the molecule is COc1ccccc1N1C(=O)N(c2cccc(C)c2)[C@@H]2CS(=O)(=O)C[C@@H]21. The van der Waals surface area contributed by atoms with Crippen LogP contribution in [0, 0.1) is 6.92 Å². The van der Waals surface area contributed by atoms with Gasteiger partial charge in [-0.2, -0.15) is 0 Å². The fourth-order valence-corrected chi connectivity index (χ4v) is 5.81. The highest BCUT2D eigenvalue weighted by molar-refractivity contribution is 7.91. The highest BCUT2D eigenvalue weighted by Gasteiger charge is 2.54. The van der Waals surface area contributed by atoms with Crippen LogP contribution in [0.1, 0.15) is 5.56 Å². The number of rotatable bonds is 3. The van der Waals surface area contributed by atoms with Crippen LogP contribution in [0.2, 0.25) is 0 Å². The Kier molecular flexibility index (Phi) is 3.91. The lowest BCUT2D eigenvalue weighted by molar-refractivity contribution is 0.255. The zero-order chi connectivity index (χ0) is 18.5. The number of anilines is 2. The number of hydrogen-bond donors (Lipinski definition) is 0. The number of sulfone groups is 1. The molecule has 26 heavy (non-hydrogen) atoms. The molecule has 0 spiro atoms. The molecule has 0 bridgehead atoms. The van der Waals surface area contributed by atoms with Gasteiger partial charge in [0, 0.05) is 5.69 Å². The van der Waals surface area contributed by atoms with Gasteiger partial charge < -0.3 is 4.74 Å². The molecule has 2 aliphatic rings. The van der Waals surface area contributed by atoms with Gasteiger partial charge in [0.2, 0.25) is 0 Å². The lowest BCUT2D eigenvalue weighted by Gasteiger charge is -2.24. The molecule has 0 aliphatic carbocycles. The Balaban J connectivity index is 1.84. The molecule has 0 unspecified atom stereocenters. The van der Waals surface area contributed by atoms with Crippen molar-refractivity contribution in [2.75, 3.05) is 28.4 Å². The first kappa shape index (κ1) is 16.9. The lowest BCUT2D eigenvalue weighted by Crippen LogP contribution is -2.38. The van der Waals surface area contributed by atoms with Crippen molar-refractivity contribution in [3.63, 3.8) is 0 Å². The van der Waals surface area contributed by atoms with Crippen molar-refractivity contribution in [1.29, 1.82) is 0 Å². The number of carbonyl (C=O) groups is 1. The second-order valence-corrected chi connectivity index (χ2v) is 8.90. The van der Waals surface area contributed by atoms with Crippen molar-refractivity contribution in [3.05, 3.63) is 54.1 Å². The number of urea groups is 1. The quantitative estimate of drug-likeness (QED) is 0.777. The lowest BCUT2D eigenvalue weighted by atomic mass is 10.1. The number of hydrogen-bond acceptors (Lipinski definition) is 4. The van der Waals surface area contributed by atoms with Crippen LogP contribution >= 0.6 is 0 Å². The molecule has 4 rings (SSSR count). The molecule has 0 N–H and O–H groups in total. The number of ether oxygens (including phenoxy) is 1. The zero-order valence-electron chi connectivity index (χ0n) is 14.6. The van der Waals surface area contributed by atoms with Crippen LogP contribution in [0.3, 0.4) is 0 Å². The maximum atomic E-state index is 13.3. The summed E-state index contributed by atoms with van der Waals surface area (Å²) in [6, 6.07) is 13.7. The summed E-state index contributed by atoms with van der Waals surface area (Å²) in [5.41, 5.74) is 2.34. The van der Waals surface area contributed by atoms with E-state index in [1.165, 1.54) is 0 Å². The van der Waals surface area contributed by atoms with E-state index in [1.54, 1.807) is 29.0 Å². The third-order valence-corrected chi connectivity index (χ3v) is 6.69. The molecule has 136 valence electrons. The summed E-state index contributed by atoms with van der Waals surface area (Å²) in [7, 11) is -1.67. The van der Waals surface area contributed by atoms with Gasteiger partial charge in [-0.25, -0.2) is 13.2 Å². The van der Waals surface area contributed by atoms with Crippen molar-refractivity contribution >= 4 is 27.2 Å². The maximum Gasteiger partial charge on any atom is 0.329 e. The van der Waals surface area contributed by atoms with E-state index in [0.29, 0.717) is 11.4 Å². The van der Waals surface area contributed by atoms with Crippen LogP contribution in [0.15, 0.2) is 48.5 Å². The van der Waals surface area contributed by atoms with E-state index in [-0.39, 0.29) is 17.5 Å². The number of benzene rings is 2. The van der Waals surface area contributed by atoms with Gasteiger partial charge in [0.15, 0.2) is 9.84 Å². The predicted molar refractivity (Wildman–Crippen MR) is 101 cm³/mol. The average molecular weight is 372 g/mol. The van der Waals surface area contributed by atoms with Crippen molar-refractivity contribution < 1.29 is 17.9 Å². The summed E-state index contributed by atoms with van der Waals surface area (Å²) in [5, 5.41) is 0. The number of methoxy groups -OCH3 is 1. The Labute approximate surface area is 152 Å². The number of amides is 2. The standard InChI is InChI=1S/C19H20N2O4S/c1-13-6-5-7-14(10-13)20-16-11-26(23,24)12-17(16)21(19(20)22)15-8-3-4-9-18(15)25-2/h3-10,16-17H,11-12H2,1-2H3/t16-,17+/m1/s1. The van der Waals surface area contributed by atoms with Crippen LogP contribution in [0.4, 0.5) is 16.2 Å². The highest BCUT2D eigenvalue weighted by atomic mass is 32.2. The fraction of sp³-hybridized carbons (Fsp3) is 0.316. The molecule has 6 nitrogen and oxygen atoms in total. The molecular weight excluding hydrogens is 352 g/mol. The molecule has 0 aromatic heterocycles. The number of aryl methyl sites for hydroxylation is 1. The van der Waals surface area contributed by atoms with Gasteiger partial charge in [0.25, 0.3) is 0 Å². The van der Waals surface area contributed by atoms with E-state index in [4.69, 9.17) is 4.74 Å². The number of nitrogens with zero attached hydrogens (tertiary/aromatic N) is 2. The van der Waals surface area contributed by atoms with Gasteiger partial charge in [-0.05, 0) is 36.8 Å². The summed E-state index contributed by atoms with van der Waals surface area (Å²) >= 11 is 0. The van der Waals surface area contributed by atoms with E-state index in [0.717, 1.165) is 11.3 Å². The largest absolute Gasteiger partial charge is 0.495 e. The Morgan fingerprint density at radius 2 is 1.69 bits per heavy atom. The number of fused-ring (bicyclic) bond motifs is 1. The molecule has 7 heteroatoms. The van der Waals surface area contributed by atoms with Crippen LogP contribution in [0.25, 0.3) is 0 Å². The average Bonchev–Trinajstić information content (AvgIpc) is 3.03. The molecule has 2 heterocycles. The first-order valence-electron chi connectivity index (χ1n) is 8.44. The fourth-order valence-electron chi connectivity index (χ4n) is 3.89. The maximum absolute atomic E-state index is 13.3. The van der Waals surface area contributed by atoms with Crippen molar-refractivity contribution in [3.8, 4) is 5.75 Å². The highest BCUT2D eigenvalue weighted by Crippen LogP contribution is 2.41. The van der Waals surface area contributed by atoms with E-state index in [2.05, 4.69) is 0 Å². The molecule has 2 fully saturated rings. The summed E-state index contributed by atoms with van der Waals surface area (Å²) in [4.78, 5) is 16.5. The predicted octanol–water partition coefficient (Wildman–Crippen LogP) is 2.62. The van der Waals surface area contributed by atoms with Crippen molar-refractivity contribution in [1.82, 2.24) is 0 Å². The molecule has 2 amide bonds. The smallest absolute Gasteiger partial charge is 0.329 e. The molecular formula is C19H20N2O4S. The minimum Gasteiger partial charge on any atom is -0.495 e. The molecule has 2 aliphatic heterocycles. The third kappa shape index (κ3) is 2.63. The molecule has 2 atom stereocenters. The third-order valence-electron chi connectivity index (χ3n) is 4.99. The Morgan fingerprint density at radius 1 is 1.00 bits per heavy atom. The minimum absolute atomic E-state index is 0.0248. The van der Waals surface area contributed by atoms with E-state index in [9.17, 15) is 13.2 Å². The van der Waals surface area contributed by atoms with Crippen molar-refractivity contribution in [2.45, 2.75) is 19.0 Å². The number of carbonyl (C=O) groups excluding carboxylic acids is 1. The summed E-state index contributed by atoms with van der Waals surface area (Å²) in [6.07, 6.45) is 0. The molecule has 2 aromatic carbocycles. The normalized spacial score (nSPS) is 24.0. The Morgan fingerprint density at radius 3 is 2.38 bits per heavy atom. The van der Waals surface area contributed by atoms with Crippen LogP contribution in [-0.2, 0) is 9.84 Å². The summed E-state index contributed by atoms with van der Waals surface area (Å²) < 4.78 is 30.1. The van der Waals surface area contributed by atoms with Gasteiger partial charge in [-0.15, -0.1) is 0 Å². The van der Waals surface area contributed by atoms with Crippen LogP contribution in [-0.4, -0.2) is 45.1 Å². The minimum atomic E-state index is -3.22. The van der Waals surface area contributed by atoms with Crippen LogP contribution in [0.5, 0.6) is 5.75 Å². The first-order valence-corrected chi connectivity index (χ1v) is 10.3. The summed E-state index contributed by atoms with van der Waals surface area (Å²) in [6.45, 7) is 1.95. The molecule has 2 saturated heterocycles. The van der Waals surface area contributed by atoms with Gasteiger partial charge in [0.1, 0.15) is 5.75 Å². The van der Waals surface area contributed by atoms with Crippen LogP contribution < -0.4 is 14.5 Å². The monoisotopic (exact) mass is 372 g/mol.